The van der Waals surface area contributed by atoms with Crippen molar-refractivity contribution < 1.29 is 19.1 Å². The Morgan fingerprint density at radius 2 is 1.24 bits per heavy atom. The van der Waals surface area contributed by atoms with E-state index in [1.807, 2.05) is 11.8 Å². The van der Waals surface area contributed by atoms with Gasteiger partial charge in [-0.05, 0) is 31.4 Å². The molecule has 0 aromatic carbocycles. The fourth-order valence-corrected chi connectivity index (χ4v) is 4.14. The normalized spacial score (nSPS) is 11.2. The first-order valence-corrected chi connectivity index (χ1v) is 14.1. The maximum Gasteiger partial charge on any atom is 0.694 e. The predicted molar refractivity (Wildman–Crippen MR) is 129 cm³/mol. The maximum absolute atomic E-state index is 10.3. The second kappa shape index (κ2) is 30.5. The van der Waals surface area contributed by atoms with E-state index < -0.39 is 8.25 Å². The number of unbranched alkanes of at least 4 members (excludes halogenated alkanes) is 13. The van der Waals surface area contributed by atoms with Crippen LogP contribution in [0.1, 0.15) is 103 Å². The van der Waals surface area contributed by atoms with Crippen LogP contribution in [0.25, 0.3) is 0 Å². The average Bonchev–Trinajstić information content (AvgIpc) is 2.70. The summed E-state index contributed by atoms with van der Waals surface area (Å²) in [6.45, 7) is 3.61. The van der Waals surface area contributed by atoms with E-state index in [0.29, 0.717) is 13.2 Å². The van der Waals surface area contributed by atoms with Gasteiger partial charge in [-0.3, -0.25) is 0 Å². The SMILES string of the molecule is CCCCCCCCCCCCCCCCSCCCO[P+](=O)O.CNCCO. The molecule has 0 saturated heterocycles. The van der Waals surface area contributed by atoms with Crippen LogP contribution in [-0.4, -0.2) is 48.3 Å². The van der Waals surface area contributed by atoms with Crippen LogP contribution in [0, 0.1) is 0 Å². The van der Waals surface area contributed by atoms with Gasteiger partial charge in [-0.25, -0.2) is 0 Å². The number of nitrogens with one attached hydrogen (secondary N) is 1. The summed E-state index contributed by atoms with van der Waals surface area (Å²) >= 11 is 1.93. The molecule has 29 heavy (non-hydrogen) atoms. The summed E-state index contributed by atoms with van der Waals surface area (Å²) in [5, 5.41) is 10.8. The zero-order valence-electron chi connectivity index (χ0n) is 19.2. The molecule has 0 bridgehead atoms. The van der Waals surface area contributed by atoms with E-state index in [2.05, 4.69) is 16.8 Å². The van der Waals surface area contributed by atoms with Gasteiger partial charge in [-0.15, -0.1) is 9.42 Å². The van der Waals surface area contributed by atoms with Crippen molar-refractivity contribution in [2.45, 2.75) is 103 Å². The first-order chi connectivity index (χ1) is 14.2. The molecule has 0 amide bonds. The second-order valence-corrected chi connectivity index (χ2v) is 9.42. The Morgan fingerprint density at radius 1 is 0.793 bits per heavy atom. The maximum atomic E-state index is 10.3. The van der Waals surface area contributed by atoms with Crippen LogP contribution in [0.5, 0.6) is 0 Å². The molecule has 0 aliphatic rings. The van der Waals surface area contributed by atoms with E-state index in [-0.39, 0.29) is 6.61 Å². The lowest BCUT2D eigenvalue weighted by molar-refractivity contribution is 0.283. The van der Waals surface area contributed by atoms with Crippen molar-refractivity contribution >= 4 is 20.0 Å². The monoisotopic (exact) mass is 454 g/mol. The fourth-order valence-electron chi connectivity index (χ4n) is 2.92. The Hall–Kier alpha value is 0.290. The zero-order chi connectivity index (χ0) is 21.8. The highest BCUT2D eigenvalue weighted by Crippen LogP contribution is 2.16. The lowest BCUT2D eigenvalue weighted by atomic mass is 10.0. The first-order valence-electron chi connectivity index (χ1n) is 11.8. The molecule has 0 fully saturated rings. The van der Waals surface area contributed by atoms with Crippen LogP contribution in [0.15, 0.2) is 0 Å². The number of likely N-dealkylation sites (N-methyl/N-ethyl adjacent to an activating group) is 1. The molecule has 0 saturated carbocycles. The topological polar surface area (TPSA) is 78.8 Å². The largest absolute Gasteiger partial charge is 0.694 e. The van der Waals surface area contributed by atoms with Crippen molar-refractivity contribution in [2.24, 2.45) is 0 Å². The first kappa shape index (κ1) is 31.5. The quantitative estimate of drug-likeness (QED) is 0.129. The smallest absolute Gasteiger partial charge is 0.395 e. The summed E-state index contributed by atoms with van der Waals surface area (Å²) < 4.78 is 14.9. The molecule has 5 nitrogen and oxygen atoms in total. The zero-order valence-corrected chi connectivity index (χ0v) is 20.9. The third-order valence-corrected chi connectivity index (χ3v) is 6.20. The van der Waals surface area contributed by atoms with E-state index >= 15 is 0 Å². The predicted octanol–water partition coefficient (Wildman–Crippen LogP) is 6.46. The molecule has 0 aliphatic heterocycles. The molecule has 0 aromatic rings. The summed E-state index contributed by atoms with van der Waals surface area (Å²) in [4.78, 5) is 8.48. The molecule has 1 unspecified atom stereocenters. The molecular weight excluding hydrogens is 405 g/mol. The fraction of sp³-hybridized carbons (Fsp3) is 1.00. The average molecular weight is 455 g/mol. The summed E-state index contributed by atoms with van der Waals surface area (Å²) in [5.74, 6) is 2.24. The van der Waals surface area contributed by atoms with Crippen molar-refractivity contribution in [3.05, 3.63) is 0 Å². The number of hydrogen-bond acceptors (Lipinski definition) is 5. The highest BCUT2D eigenvalue weighted by atomic mass is 32.2. The van der Waals surface area contributed by atoms with Crippen LogP contribution in [-0.2, 0) is 9.09 Å². The van der Waals surface area contributed by atoms with Crippen molar-refractivity contribution in [3.8, 4) is 0 Å². The minimum absolute atomic E-state index is 0.233. The van der Waals surface area contributed by atoms with Gasteiger partial charge in [0.15, 0.2) is 0 Å². The molecule has 0 radical (unpaired) electrons. The minimum Gasteiger partial charge on any atom is -0.395 e. The lowest BCUT2D eigenvalue weighted by Crippen LogP contribution is -2.10. The molecule has 7 heteroatoms. The Morgan fingerprint density at radius 3 is 1.62 bits per heavy atom. The minimum atomic E-state index is -2.40. The van der Waals surface area contributed by atoms with Crippen LogP contribution in [0.2, 0.25) is 0 Å². The molecule has 1 atom stereocenters. The van der Waals surface area contributed by atoms with Crippen LogP contribution >= 0.6 is 20.0 Å². The van der Waals surface area contributed by atoms with E-state index in [9.17, 15) is 4.57 Å². The Labute approximate surface area is 186 Å². The standard InChI is InChI=1S/C19H39O3PS.C3H9NO/c1-2-3-4-5-6-7-8-9-10-11-12-13-14-15-18-24-19-16-17-22-23(20)21;1-4-2-3-5/h2-19H2,1H3;4-5H,2-3H2,1H3/p+1. The summed E-state index contributed by atoms with van der Waals surface area (Å²) in [5.41, 5.74) is 0. The van der Waals surface area contributed by atoms with Crippen molar-refractivity contribution in [1.29, 1.82) is 0 Å². The third kappa shape index (κ3) is 36.0. The van der Waals surface area contributed by atoms with Crippen LogP contribution in [0.3, 0.4) is 0 Å². The van der Waals surface area contributed by atoms with Gasteiger partial charge in [0.05, 0.1) is 6.61 Å². The number of rotatable bonds is 22. The van der Waals surface area contributed by atoms with Gasteiger partial charge in [0.1, 0.15) is 6.61 Å². The molecular formula is C22H49NO4PS+. The van der Waals surface area contributed by atoms with E-state index in [1.165, 1.54) is 95.6 Å². The van der Waals surface area contributed by atoms with E-state index in [1.54, 1.807) is 7.05 Å². The van der Waals surface area contributed by atoms with Gasteiger partial charge in [0.25, 0.3) is 0 Å². The molecule has 3 N–H and O–H groups in total. The van der Waals surface area contributed by atoms with Gasteiger partial charge in [-0.1, -0.05) is 90.4 Å². The summed E-state index contributed by atoms with van der Waals surface area (Å²) in [6.07, 6.45) is 20.6. The Kier molecular flexibility index (Phi) is 33.1. The van der Waals surface area contributed by atoms with Crippen LogP contribution < -0.4 is 5.32 Å². The third-order valence-electron chi connectivity index (χ3n) is 4.64. The summed E-state index contributed by atoms with van der Waals surface area (Å²) in [6, 6.07) is 0. The molecule has 0 aliphatic carbocycles. The lowest BCUT2D eigenvalue weighted by Gasteiger charge is -2.03. The van der Waals surface area contributed by atoms with Gasteiger partial charge < -0.3 is 10.4 Å². The van der Waals surface area contributed by atoms with Gasteiger partial charge in [-0.2, -0.15) is 11.8 Å². The summed E-state index contributed by atoms with van der Waals surface area (Å²) in [7, 11) is -0.603. The van der Waals surface area contributed by atoms with Gasteiger partial charge in [0.2, 0.25) is 0 Å². The van der Waals surface area contributed by atoms with E-state index in [0.717, 1.165) is 12.2 Å². The van der Waals surface area contributed by atoms with E-state index in [4.69, 9.17) is 10.00 Å². The molecule has 0 spiro atoms. The highest BCUT2D eigenvalue weighted by Gasteiger charge is 2.09. The number of aliphatic hydroxyl groups is 1. The molecule has 0 heterocycles. The number of thioether (sulfide) groups is 1. The van der Waals surface area contributed by atoms with Crippen molar-refractivity contribution in [2.75, 3.05) is 38.3 Å². The number of hydrogen-bond donors (Lipinski definition) is 3. The molecule has 0 rings (SSSR count). The van der Waals surface area contributed by atoms with Crippen molar-refractivity contribution in [3.63, 3.8) is 0 Å². The van der Waals surface area contributed by atoms with Crippen LogP contribution in [0.4, 0.5) is 0 Å². The van der Waals surface area contributed by atoms with Crippen molar-refractivity contribution in [1.82, 2.24) is 5.32 Å². The molecule has 0 aromatic heterocycles. The Balaban J connectivity index is 0. The van der Waals surface area contributed by atoms with Gasteiger partial charge in [0, 0.05) is 11.1 Å². The number of aliphatic hydroxyl groups excluding tert-OH is 1. The Bertz CT molecular complexity index is 311. The molecule has 176 valence electrons. The van der Waals surface area contributed by atoms with Gasteiger partial charge >= 0.3 is 8.25 Å². The highest BCUT2D eigenvalue weighted by molar-refractivity contribution is 7.99. The second-order valence-electron chi connectivity index (χ2n) is 7.46.